The Kier molecular flexibility index (Phi) is 7.22. The molecule has 0 spiro atoms. The Morgan fingerprint density at radius 3 is 2.79 bits per heavy atom. The molecule has 24 heavy (non-hydrogen) atoms. The maximum Gasteiger partial charge on any atom is 0.231 e. The Balaban J connectivity index is 0.00000208. The molecule has 130 valence electrons. The second-order valence-electron chi connectivity index (χ2n) is 5.08. The van der Waals surface area contributed by atoms with Crippen LogP contribution < -0.4 is 20.1 Å². The van der Waals surface area contributed by atoms with Crippen LogP contribution in [0.1, 0.15) is 5.56 Å². The summed E-state index contributed by atoms with van der Waals surface area (Å²) < 4.78 is 13.8. The Morgan fingerprint density at radius 2 is 2.04 bits per heavy atom. The monoisotopic (exact) mass is 506 g/mol. The number of fused-ring (bicyclic) bond motifs is 1. The topological polar surface area (TPSA) is 59.8 Å². The van der Waals surface area contributed by atoms with Gasteiger partial charge in [0.1, 0.15) is 0 Å². The molecule has 6 nitrogen and oxygen atoms in total. The van der Waals surface area contributed by atoms with Crippen molar-refractivity contribution in [2.75, 3.05) is 20.4 Å². The van der Waals surface area contributed by atoms with Crippen molar-refractivity contribution in [2.24, 2.45) is 4.99 Å². The largest absolute Gasteiger partial charge is 0.454 e. The highest BCUT2D eigenvalue weighted by molar-refractivity contribution is 14.0. The average molecular weight is 507 g/mol. The molecule has 0 radical (unpaired) electrons. The normalized spacial score (nSPS) is 12.7. The fraction of sp³-hybridized carbons (Fsp3) is 0.312. The van der Waals surface area contributed by atoms with Crippen molar-refractivity contribution in [3.05, 3.63) is 46.7 Å². The smallest absolute Gasteiger partial charge is 0.231 e. The van der Waals surface area contributed by atoms with E-state index >= 15 is 0 Å². The number of hydrogen-bond acceptors (Lipinski definition) is 3. The maximum absolute atomic E-state index is 5.43. The van der Waals surface area contributed by atoms with Crippen LogP contribution in [0.15, 0.2) is 46.1 Å². The lowest BCUT2D eigenvalue weighted by molar-refractivity contribution is 0.173. The minimum absolute atomic E-state index is 0. The zero-order chi connectivity index (χ0) is 16.1. The van der Waals surface area contributed by atoms with Gasteiger partial charge in [-0.05, 0) is 45.8 Å². The fourth-order valence-corrected chi connectivity index (χ4v) is 2.96. The van der Waals surface area contributed by atoms with Gasteiger partial charge in [-0.3, -0.25) is 4.99 Å². The molecule has 3 rings (SSSR count). The zero-order valence-corrected chi connectivity index (χ0v) is 17.2. The maximum atomic E-state index is 5.43. The van der Waals surface area contributed by atoms with E-state index in [1.807, 2.05) is 36.7 Å². The lowest BCUT2D eigenvalue weighted by Crippen LogP contribution is -2.38. The number of nitrogens with zero attached hydrogens (tertiary/aromatic N) is 2. The van der Waals surface area contributed by atoms with E-state index < -0.39 is 0 Å². The van der Waals surface area contributed by atoms with Gasteiger partial charge in [0.15, 0.2) is 17.5 Å². The number of guanidine groups is 1. The van der Waals surface area contributed by atoms with Crippen molar-refractivity contribution in [1.29, 1.82) is 0 Å². The highest BCUT2D eigenvalue weighted by Gasteiger charge is 2.17. The van der Waals surface area contributed by atoms with Crippen molar-refractivity contribution in [1.82, 2.24) is 15.2 Å². The Hall–Kier alpha value is -1.42. The van der Waals surface area contributed by atoms with Crippen LogP contribution in [-0.4, -0.2) is 30.9 Å². The van der Waals surface area contributed by atoms with E-state index in [0.29, 0.717) is 6.54 Å². The summed E-state index contributed by atoms with van der Waals surface area (Å²) in [6.07, 6.45) is 4.09. The molecule has 0 bridgehead atoms. The molecule has 8 heteroatoms. The van der Waals surface area contributed by atoms with Crippen LogP contribution in [-0.2, 0) is 13.1 Å². The van der Waals surface area contributed by atoms with Gasteiger partial charge in [-0.25, -0.2) is 0 Å². The molecule has 0 saturated carbocycles. The summed E-state index contributed by atoms with van der Waals surface area (Å²) in [5.41, 5.74) is 1.09. The van der Waals surface area contributed by atoms with Crippen LogP contribution in [0.4, 0.5) is 0 Å². The van der Waals surface area contributed by atoms with Gasteiger partial charge in [0.2, 0.25) is 6.79 Å². The fourth-order valence-electron chi connectivity index (χ4n) is 2.35. The molecule has 0 aliphatic carbocycles. The lowest BCUT2D eigenvalue weighted by atomic mass is 10.2. The first-order chi connectivity index (χ1) is 11.3. The van der Waals surface area contributed by atoms with Crippen molar-refractivity contribution in [2.45, 2.75) is 13.1 Å². The summed E-state index contributed by atoms with van der Waals surface area (Å²) >= 11 is 3.50. The molecule has 1 aromatic heterocycles. The lowest BCUT2D eigenvalue weighted by Gasteiger charge is -2.13. The van der Waals surface area contributed by atoms with Crippen LogP contribution in [0.25, 0.3) is 0 Å². The van der Waals surface area contributed by atoms with Crippen molar-refractivity contribution in [3.8, 4) is 11.5 Å². The summed E-state index contributed by atoms with van der Waals surface area (Å²) in [6, 6.07) is 8.04. The highest BCUT2D eigenvalue weighted by atomic mass is 127. The van der Waals surface area contributed by atoms with Gasteiger partial charge in [-0.1, -0.05) is 0 Å². The number of benzene rings is 1. The quantitative estimate of drug-likeness (QED) is 0.372. The Morgan fingerprint density at radius 1 is 1.25 bits per heavy atom. The number of aromatic nitrogens is 1. The second-order valence-corrected chi connectivity index (χ2v) is 5.94. The van der Waals surface area contributed by atoms with Gasteiger partial charge in [-0.15, -0.1) is 24.0 Å². The Bertz CT molecular complexity index is 692. The average Bonchev–Trinajstić information content (AvgIpc) is 3.22. The molecular formula is C16H20BrIN4O2. The summed E-state index contributed by atoms with van der Waals surface area (Å²) in [4.78, 5) is 4.23. The molecule has 1 aliphatic heterocycles. The van der Waals surface area contributed by atoms with Crippen LogP contribution in [0.5, 0.6) is 11.5 Å². The van der Waals surface area contributed by atoms with Gasteiger partial charge >= 0.3 is 0 Å². The number of halogens is 2. The third kappa shape index (κ3) is 4.79. The second kappa shape index (κ2) is 9.16. The van der Waals surface area contributed by atoms with Gasteiger partial charge in [0.05, 0.1) is 4.47 Å². The number of rotatable bonds is 5. The van der Waals surface area contributed by atoms with Gasteiger partial charge in [0, 0.05) is 39.1 Å². The van der Waals surface area contributed by atoms with Crippen molar-refractivity contribution >= 4 is 45.9 Å². The minimum atomic E-state index is 0. The molecule has 0 atom stereocenters. The van der Waals surface area contributed by atoms with Crippen LogP contribution >= 0.6 is 39.9 Å². The summed E-state index contributed by atoms with van der Waals surface area (Å²) in [7, 11) is 1.76. The number of aliphatic imine (C=N–C) groups is 1. The van der Waals surface area contributed by atoms with Crippen molar-refractivity contribution < 1.29 is 9.47 Å². The molecule has 1 aromatic carbocycles. The molecule has 0 unspecified atom stereocenters. The molecule has 0 fully saturated rings. The third-order valence-corrected chi connectivity index (χ3v) is 4.09. The van der Waals surface area contributed by atoms with Crippen LogP contribution in [0.2, 0.25) is 0 Å². The van der Waals surface area contributed by atoms with E-state index in [4.69, 9.17) is 9.47 Å². The summed E-state index contributed by atoms with van der Waals surface area (Å²) in [5, 5.41) is 6.59. The minimum Gasteiger partial charge on any atom is -0.454 e. The first kappa shape index (κ1) is 18.9. The van der Waals surface area contributed by atoms with Crippen molar-refractivity contribution in [3.63, 3.8) is 0 Å². The molecule has 0 amide bonds. The van der Waals surface area contributed by atoms with E-state index in [2.05, 4.69) is 36.1 Å². The first-order valence-electron chi connectivity index (χ1n) is 7.39. The van der Waals surface area contributed by atoms with Gasteiger partial charge < -0.3 is 24.7 Å². The SMILES string of the molecule is CN=C(NCCn1cccc1)NCc1cc(Br)c2c(c1)OCO2.I. The molecule has 1 aliphatic rings. The van der Waals surface area contributed by atoms with Gasteiger partial charge in [-0.2, -0.15) is 0 Å². The standard InChI is InChI=1S/C16H19BrN4O2.HI/c1-18-16(19-4-7-21-5-2-3-6-21)20-10-12-8-13(17)15-14(9-12)22-11-23-15;/h2-3,5-6,8-9H,4,7,10-11H2,1H3,(H2,18,19,20);1H. The van der Waals surface area contributed by atoms with E-state index in [-0.39, 0.29) is 30.8 Å². The summed E-state index contributed by atoms with van der Waals surface area (Å²) in [5.74, 6) is 2.31. The Labute approximate surface area is 166 Å². The number of ether oxygens (including phenoxy) is 2. The summed E-state index contributed by atoms with van der Waals surface area (Å²) in [6.45, 7) is 2.62. The molecule has 0 saturated heterocycles. The predicted octanol–water partition coefficient (Wildman–Crippen LogP) is 2.96. The predicted molar refractivity (Wildman–Crippen MR) is 108 cm³/mol. The molecular weight excluding hydrogens is 487 g/mol. The number of hydrogen-bond donors (Lipinski definition) is 2. The number of nitrogens with one attached hydrogen (secondary N) is 2. The van der Waals surface area contributed by atoms with Crippen LogP contribution in [0, 0.1) is 0 Å². The van der Waals surface area contributed by atoms with E-state index in [9.17, 15) is 0 Å². The molecule has 2 aromatic rings. The molecule has 2 heterocycles. The zero-order valence-electron chi connectivity index (χ0n) is 13.3. The third-order valence-electron chi connectivity index (χ3n) is 3.50. The van der Waals surface area contributed by atoms with E-state index in [1.165, 1.54) is 0 Å². The van der Waals surface area contributed by atoms with Gasteiger partial charge in [0.25, 0.3) is 0 Å². The first-order valence-corrected chi connectivity index (χ1v) is 8.19. The van der Waals surface area contributed by atoms with Crippen LogP contribution in [0.3, 0.4) is 0 Å². The highest BCUT2D eigenvalue weighted by Crippen LogP contribution is 2.39. The van der Waals surface area contributed by atoms with E-state index in [1.54, 1.807) is 7.05 Å². The van der Waals surface area contributed by atoms with E-state index in [0.717, 1.165) is 40.6 Å². The molecule has 2 N–H and O–H groups in total.